The number of carbonyl (C=O) groups excluding carboxylic acids is 1. The molecule has 1 aromatic carbocycles. The highest BCUT2D eigenvalue weighted by Gasteiger charge is 2.32. The van der Waals surface area contributed by atoms with Crippen molar-refractivity contribution >= 4 is 5.91 Å². The normalized spacial score (nSPS) is 12.6. The first kappa shape index (κ1) is 12.5. The van der Waals surface area contributed by atoms with E-state index in [1.807, 2.05) is 0 Å². The molecule has 0 heterocycles. The van der Waals surface area contributed by atoms with Gasteiger partial charge in [-0.3, -0.25) is 4.79 Å². The molecule has 0 saturated heterocycles. The van der Waals surface area contributed by atoms with Gasteiger partial charge in [0.15, 0.2) is 0 Å². The second kappa shape index (κ2) is 3.81. The maximum atomic E-state index is 12.3. The highest BCUT2D eigenvalue weighted by Crippen LogP contribution is 2.31. The quantitative estimate of drug-likeness (QED) is 0.834. The number of hydrogen-bond donors (Lipinski definition) is 1. The van der Waals surface area contributed by atoms with Crippen molar-refractivity contribution in [2.45, 2.75) is 25.4 Å². The Balaban J connectivity index is 3.09. The smallest absolute Gasteiger partial charge is 0.369 e. The summed E-state index contributed by atoms with van der Waals surface area (Å²) in [7, 11) is 0. The van der Waals surface area contributed by atoms with Gasteiger partial charge >= 0.3 is 6.18 Å². The lowest BCUT2D eigenvalue weighted by Gasteiger charge is -2.21. The van der Waals surface area contributed by atoms with E-state index in [1.54, 1.807) is 13.8 Å². The highest BCUT2D eigenvalue weighted by atomic mass is 19.4. The third-order valence-electron chi connectivity index (χ3n) is 2.55. The molecule has 0 spiro atoms. The van der Waals surface area contributed by atoms with E-state index in [0.717, 1.165) is 12.1 Å². The molecule has 0 aromatic heterocycles. The van der Waals surface area contributed by atoms with Crippen molar-refractivity contribution in [2.75, 3.05) is 0 Å². The Kier molecular flexibility index (Phi) is 2.99. The van der Waals surface area contributed by atoms with Gasteiger partial charge in [0.1, 0.15) is 0 Å². The van der Waals surface area contributed by atoms with Crippen molar-refractivity contribution in [3.8, 4) is 0 Å². The minimum atomic E-state index is -4.37. The van der Waals surface area contributed by atoms with Gasteiger partial charge in [0.05, 0.1) is 11.0 Å². The van der Waals surface area contributed by atoms with Gasteiger partial charge in [0, 0.05) is 0 Å². The van der Waals surface area contributed by atoms with E-state index in [2.05, 4.69) is 0 Å². The number of carbonyl (C=O) groups is 1. The Morgan fingerprint density at radius 2 is 1.44 bits per heavy atom. The molecule has 88 valence electrons. The summed E-state index contributed by atoms with van der Waals surface area (Å²) in [6.07, 6.45) is -4.37. The van der Waals surface area contributed by atoms with E-state index >= 15 is 0 Å². The number of alkyl halides is 3. The van der Waals surface area contributed by atoms with Crippen LogP contribution >= 0.6 is 0 Å². The van der Waals surface area contributed by atoms with Crippen LogP contribution < -0.4 is 5.73 Å². The number of primary amides is 1. The summed E-state index contributed by atoms with van der Waals surface area (Å²) in [5.41, 5.74) is 3.92. The molecule has 0 aliphatic heterocycles. The summed E-state index contributed by atoms with van der Waals surface area (Å²) in [4.78, 5) is 11.1. The minimum absolute atomic E-state index is 0.466. The van der Waals surface area contributed by atoms with Gasteiger partial charge in [-0.2, -0.15) is 13.2 Å². The van der Waals surface area contributed by atoms with Crippen LogP contribution in [0.3, 0.4) is 0 Å². The molecule has 2 N–H and O–H groups in total. The van der Waals surface area contributed by atoms with Crippen LogP contribution in [-0.4, -0.2) is 5.91 Å². The summed E-state index contributed by atoms with van der Waals surface area (Å²) < 4.78 is 36.8. The van der Waals surface area contributed by atoms with Crippen molar-refractivity contribution in [2.24, 2.45) is 5.73 Å². The lowest BCUT2D eigenvalue weighted by Crippen LogP contribution is -2.35. The van der Waals surface area contributed by atoms with Crippen LogP contribution in [0.1, 0.15) is 25.0 Å². The van der Waals surface area contributed by atoms with Crippen molar-refractivity contribution < 1.29 is 18.0 Å². The van der Waals surface area contributed by atoms with Crippen molar-refractivity contribution in [1.82, 2.24) is 0 Å². The molecule has 0 unspecified atom stereocenters. The molecule has 0 fully saturated rings. The molecular weight excluding hydrogens is 219 g/mol. The molecular formula is C11H12F3NO. The van der Waals surface area contributed by atoms with E-state index in [0.29, 0.717) is 5.56 Å². The number of benzene rings is 1. The summed E-state index contributed by atoms with van der Waals surface area (Å²) >= 11 is 0. The molecule has 0 aliphatic rings. The molecule has 5 heteroatoms. The number of rotatable bonds is 2. The third kappa shape index (κ3) is 2.35. The molecule has 0 bridgehead atoms. The number of amides is 1. The van der Waals surface area contributed by atoms with Gasteiger partial charge < -0.3 is 5.73 Å². The minimum Gasteiger partial charge on any atom is -0.369 e. The molecule has 0 aliphatic carbocycles. The Morgan fingerprint density at radius 1 is 1.06 bits per heavy atom. The molecule has 16 heavy (non-hydrogen) atoms. The summed E-state index contributed by atoms with van der Waals surface area (Å²) in [6.45, 7) is 3.13. The van der Waals surface area contributed by atoms with E-state index in [9.17, 15) is 18.0 Å². The summed E-state index contributed by atoms with van der Waals surface area (Å²) in [6, 6.07) is 4.43. The molecule has 1 rings (SSSR count). The van der Waals surface area contributed by atoms with Gasteiger partial charge in [-0.25, -0.2) is 0 Å². The van der Waals surface area contributed by atoms with Gasteiger partial charge in [-0.1, -0.05) is 12.1 Å². The molecule has 1 amide bonds. The van der Waals surface area contributed by atoms with E-state index in [4.69, 9.17) is 5.73 Å². The average molecular weight is 231 g/mol. The summed E-state index contributed by atoms with van der Waals surface area (Å²) in [5, 5.41) is 0. The topological polar surface area (TPSA) is 43.1 Å². The van der Waals surface area contributed by atoms with Gasteiger partial charge in [-0.15, -0.1) is 0 Å². The standard InChI is InChI=1S/C11H12F3NO/c1-10(2,9(15)16)7-3-5-8(6-4-7)11(12,13)14/h3-6H,1-2H3,(H2,15,16). The maximum absolute atomic E-state index is 12.3. The van der Waals surface area contributed by atoms with E-state index < -0.39 is 23.1 Å². The van der Waals surface area contributed by atoms with Crippen LogP contribution in [0, 0.1) is 0 Å². The Morgan fingerprint density at radius 3 is 1.75 bits per heavy atom. The lowest BCUT2D eigenvalue weighted by molar-refractivity contribution is -0.137. The van der Waals surface area contributed by atoms with Crippen LogP contribution in [0.25, 0.3) is 0 Å². The lowest BCUT2D eigenvalue weighted by atomic mass is 9.83. The van der Waals surface area contributed by atoms with Crippen LogP contribution in [0.2, 0.25) is 0 Å². The molecule has 0 saturated carbocycles. The first-order chi connectivity index (χ1) is 7.15. The SMILES string of the molecule is CC(C)(C(N)=O)c1ccc(C(F)(F)F)cc1. The number of hydrogen-bond acceptors (Lipinski definition) is 1. The molecule has 1 aromatic rings. The third-order valence-corrected chi connectivity index (χ3v) is 2.55. The second-order valence-electron chi connectivity index (χ2n) is 4.06. The van der Waals surface area contributed by atoms with Crippen LogP contribution in [0.15, 0.2) is 24.3 Å². The Bertz CT molecular complexity index is 393. The van der Waals surface area contributed by atoms with E-state index in [1.165, 1.54) is 12.1 Å². The van der Waals surface area contributed by atoms with Crippen LogP contribution in [0.5, 0.6) is 0 Å². The monoisotopic (exact) mass is 231 g/mol. The fourth-order valence-electron chi connectivity index (χ4n) is 1.22. The molecule has 0 atom stereocenters. The fourth-order valence-corrected chi connectivity index (χ4v) is 1.22. The first-order valence-electron chi connectivity index (χ1n) is 4.63. The Hall–Kier alpha value is -1.52. The zero-order chi connectivity index (χ0) is 12.6. The molecule has 2 nitrogen and oxygen atoms in total. The highest BCUT2D eigenvalue weighted by molar-refractivity contribution is 5.85. The van der Waals surface area contributed by atoms with E-state index in [-0.39, 0.29) is 0 Å². The van der Waals surface area contributed by atoms with Gasteiger partial charge in [-0.05, 0) is 31.5 Å². The first-order valence-corrected chi connectivity index (χ1v) is 4.63. The zero-order valence-corrected chi connectivity index (χ0v) is 8.93. The Labute approximate surface area is 91.3 Å². The van der Waals surface area contributed by atoms with Crippen LogP contribution in [0.4, 0.5) is 13.2 Å². The van der Waals surface area contributed by atoms with Crippen molar-refractivity contribution in [1.29, 1.82) is 0 Å². The number of nitrogens with two attached hydrogens (primary N) is 1. The zero-order valence-electron chi connectivity index (χ0n) is 8.93. The van der Waals surface area contributed by atoms with Crippen molar-refractivity contribution in [3.63, 3.8) is 0 Å². The predicted molar refractivity (Wildman–Crippen MR) is 53.7 cm³/mol. The predicted octanol–water partition coefficient (Wildman–Crippen LogP) is 2.47. The molecule has 0 radical (unpaired) electrons. The number of halogens is 3. The van der Waals surface area contributed by atoms with Gasteiger partial charge in [0.25, 0.3) is 0 Å². The van der Waals surface area contributed by atoms with Gasteiger partial charge in [0.2, 0.25) is 5.91 Å². The average Bonchev–Trinajstić information content (AvgIpc) is 2.16. The van der Waals surface area contributed by atoms with Crippen molar-refractivity contribution in [3.05, 3.63) is 35.4 Å². The maximum Gasteiger partial charge on any atom is 0.416 e. The summed E-state index contributed by atoms with van der Waals surface area (Å²) in [5.74, 6) is -0.577. The second-order valence-corrected chi connectivity index (χ2v) is 4.06. The fraction of sp³-hybridized carbons (Fsp3) is 0.364. The van der Waals surface area contributed by atoms with Crippen LogP contribution in [-0.2, 0) is 16.4 Å². The largest absolute Gasteiger partial charge is 0.416 e.